The molecule has 1 N–H and O–H groups in total. The van der Waals surface area contributed by atoms with Crippen LogP contribution in [0.2, 0.25) is 0 Å². The molecule has 0 spiro atoms. The van der Waals surface area contributed by atoms with Crippen molar-refractivity contribution in [1.82, 2.24) is 20.1 Å². The highest BCUT2D eigenvalue weighted by atomic mass is 16.5. The van der Waals surface area contributed by atoms with Crippen LogP contribution in [0.1, 0.15) is 16.7 Å². The van der Waals surface area contributed by atoms with Gasteiger partial charge in [0.05, 0.1) is 7.11 Å². The number of benzene rings is 1. The minimum atomic E-state index is -0.0355. The predicted octanol–water partition coefficient (Wildman–Crippen LogP) is 2.11. The van der Waals surface area contributed by atoms with Gasteiger partial charge >= 0.3 is 6.03 Å². The van der Waals surface area contributed by atoms with Gasteiger partial charge in [-0.05, 0) is 42.8 Å². The molecule has 2 amide bonds. The lowest BCUT2D eigenvalue weighted by molar-refractivity contribution is 0.192. The summed E-state index contributed by atoms with van der Waals surface area (Å²) in [6.07, 6.45) is 2.69. The number of urea groups is 1. The van der Waals surface area contributed by atoms with Gasteiger partial charge in [0.25, 0.3) is 0 Å². The van der Waals surface area contributed by atoms with Crippen LogP contribution in [0.4, 0.5) is 10.6 Å². The number of hydrogen-bond donors (Lipinski definition) is 1. The second-order valence-electron chi connectivity index (χ2n) is 7.74. The third kappa shape index (κ3) is 4.45. The fraction of sp³-hybridized carbons (Fsp3) is 0.455. The maximum Gasteiger partial charge on any atom is 0.317 e. The number of nitrogens with one attached hydrogen (secondary N) is 1. The van der Waals surface area contributed by atoms with E-state index in [1.165, 1.54) is 5.56 Å². The van der Waals surface area contributed by atoms with Crippen LogP contribution >= 0.6 is 0 Å². The summed E-state index contributed by atoms with van der Waals surface area (Å²) in [5.41, 5.74) is 3.51. The van der Waals surface area contributed by atoms with Crippen molar-refractivity contribution >= 4 is 11.8 Å². The summed E-state index contributed by atoms with van der Waals surface area (Å²) >= 11 is 0. The van der Waals surface area contributed by atoms with Crippen LogP contribution in [-0.2, 0) is 19.5 Å². The van der Waals surface area contributed by atoms with Crippen LogP contribution in [0.25, 0.3) is 0 Å². The Balaban J connectivity index is 1.39. The fourth-order valence-electron chi connectivity index (χ4n) is 3.99. The maximum atomic E-state index is 12.8. The molecule has 7 nitrogen and oxygen atoms in total. The molecule has 2 aromatic rings. The summed E-state index contributed by atoms with van der Waals surface area (Å²) in [7, 11) is 3.81. The van der Waals surface area contributed by atoms with Crippen molar-refractivity contribution in [3.8, 4) is 5.75 Å². The van der Waals surface area contributed by atoms with E-state index in [1.807, 2.05) is 29.3 Å². The van der Waals surface area contributed by atoms with Gasteiger partial charge in [-0.1, -0.05) is 12.1 Å². The summed E-state index contributed by atoms with van der Waals surface area (Å²) in [4.78, 5) is 23.9. The number of aromatic nitrogens is 1. The molecule has 0 saturated carbocycles. The molecule has 0 bridgehead atoms. The number of hydrogen-bond acceptors (Lipinski definition) is 5. The van der Waals surface area contributed by atoms with Gasteiger partial charge in [0.2, 0.25) is 0 Å². The van der Waals surface area contributed by atoms with Gasteiger partial charge in [-0.25, -0.2) is 9.78 Å². The third-order valence-electron chi connectivity index (χ3n) is 5.81. The van der Waals surface area contributed by atoms with E-state index in [0.717, 1.165) is 61.8 Å². The minimum Gasteiger partial charge on any atom is -0.497 e. The standard InChI is InChI=1S/C22H29N5O2/c1-25-10-12-26(13-11-25)21-18(4-3-8-23-21)15-24-22(28)27-9-7-17-5-6-20(29-2)14-19(17)16-27/h3-6,8,14H,7,9-13,15-16H2,1-2H3,(H,24,28). The summed E-state index contributed by atoms with van der Waals surface area (Å²) in [5, 5.41) is 3.10. The zero-order valence-corrected chi connectivity index (χ0v) is 17.2. The molecule has 2 aliphatic rings. The number of carbonyl (C=O) groups is 1. The minimum absolute atomic E-state index is 0.0355. The van der Waals surface area contributed by atoms with Crippen LogP contribution in [0, 0.1) is 0 Å². The molecule has 3 heterocycles. The van der Waals surface area contributed by atoms with Crippen LogP contribution < -0.4 is 15.0 Å². The first-order chi connectivity index (χ1) is 14.1. The highest BCUT2D eigenvalue weighted by Gasteiger charge is 2.22. The van der Waals surface area contributed by atoms with Crippen LogP contribution in [0.5, 0.6) is 5.75 Å². The normalized spacial score (nSPS) is 17.0. The summed E-state index contributed by atoms with van der Waals surface area (Å²) in [6, 6.07) is 10.1. The molecule has 1 aromatic carbocycles. The lowest BCUT2D eigenvalue weighted by Gasteiger charge is -2.34. The van der Waals surface area contributed by atoms with Crippen molar-refractivity contribution in [2.24, 2.45) is 0 Å². The van der Waals surface area contributed by atoms with Gasteiger partial charge in [0, 0.05) is 57.6 Å². The summed E-state index contributed by atoms with van der Waals surface area (Å²) in [6.45, 7) is 5.78. The Morgan fingerprint density at radius 2 is 1.97 bits per heavy atom. The second-order valence-corrected chi connectivity index (χ2v) is 7.74. The van der Waals surface area contributed by atoms with Crippen molar-refractivity contribution in [1.29, 1.82) is 0 Å². The molecule has 0 unspecified atom stereocenters. The smallest absolute Gasteiger partial charge is 0.317 e. The molecule has 1 fully saturated rings. The van der Waals surface area contributed by atoms with E-state index in [4.69, 9.17) is 4.74 Å². The first kappa shape index (κ1) is 19.5. The monoisotopic (exact) mass is 395 g/mol. The topological polar surface area (TPSA) is 60.9 Å². The Labute approximate surface area is 172 Å². The van der Waals surface area contributed by atoms with Gasteiger partial charge in [-0.15, -0.1) is 0 Å². The molecule has 1 aromatic heterocycles. The second kappa shape index (κ2) is 8.69. The van der Waals surface area contributed by atoms with Gasteiger partial charge < -0.3 is 24.8 Å². The Kier molecular flexibility index (Phi) is 5.85. The Bertz CT molecular complexity index is 864. The molecule has 154 valence electrons. The number of ether oxygens (including phenoxy) is 1. The molecule has 0 radical (unpaired) electrons. The highest BCUT2D eigenvalue weighted by Crippen LogP contribution is 2.24. The summed E-state index contributed by atoms with van der Waals surface area (Å²) < 4.78 is 5.33. The average molecular weight is 396 g/mol. The first-order valence-electron chi connectivity index (χ1n) is 10.2. The van der Waals surface area contributed by atoms with Crippen molar-refractivity contribution in [2.75, 3.05) is 51.8 Å². The maximum absolute atomic E-state index is 12.8. The Morgan fingerprint density at radius 3 is 2.76 bits per heavy atom. The van der Waals surface area contributed by atoms with E-state index in [0.29, 0.717) is 13.1 Å². The van der Waals surface area contributed by atoms with Gasteiger partial charge in [-0.3, -0.25) is 0 Å². The zero-order valence-electron chi connectivity index (χ0n) is 17.2. The lowest BCUT2D eigenvalue weighted by atomic mass is 10.00. The first-order valence-corrected chi connectivity index (χ1v) is 10.2. The number of piperazine rings is 1. The van der Waals surface area contributed by atoms with Crippen LogP contribution in [0.3, 0.4) is 0 Å². The van der Waals surface area contributed by atoms with Crippen LogP contribution in [0.15, 0.2) is 36.5 Å². The number of fused-ring (bicyclic) bond motifs is 1. The molecule has 1 saturated heterocycles. The molecule has 7 heteroatoms. The molecule has 0 aliphatic carbocycles. The molecule has 0 atom stereocenters. The van der Waals surface area contributed by atoms with E-state index in [9.17, 15) is 4.79 Å². The van der Waals surface area contributed by atoms with Crippen molar-refractivity contribution in [3.05, 3.63) is 53.2 Å². The Morgan fingerprint density at radius 1 is 1.14 bits per heavy atom. The number of nitrogens with zero attached hydrogens (tertiary/aromatic N) is 4. The van der Waals surface area contributed by atoms with Crippen molar-refractivity contribution in [3.63, 3.8) is 0 Å². The Hall–Kier alpha value is -2.80. The number of pyridine rings is 1. The lowest BCUT2D eigenvalue weighted by Crippen LogP contribution is -2.45. The van der Waals surface area contributed by atoms with Crippen molar-refractivity contribution < 1.29 is 9.53 Å². The van der Waals surface area contributed by atoms with E-state index < -0.39 is 0 Å². The van der Waals surface area contributed by atoms with E-state index in [2.05, 4.69) is 39.3 Å². The summed E-state index contributed by atoms with van der Waals surface area (Å²) in [5.74, 6) is 1.81. The predicted molar refractivity (Wildman–Crippen MR) is 113 cm³/mol. The molecule has 4 rings (SSSR count). The fourth-order valence-corrected chi connectivity index (χ4v) is 3.99. The van der Waals surface area contributed by atoms with Gasteiger partial charge in [0.15, 0.2) is 0 Å². The quantitative estimate of drug-likeness (QED) is 0.859. The highest BCUT2D eigenvalue weighted by molar-refractivity contribution is 5.75. The van der Waals surface area contributed by atoms with Crippen molar-refractivity contribution in [2.45, 2.75) is 19.5 Å². The van der Waals surface area contributed by atoms with E-state index >= 15 is 0 Å². The number of rotatable bonds is 4. The van der Waals surface area contributed by atoms with Crippen LogP contribution in [-0.4, -0.2) is 67.7 Å². The van der Waals surface area contributed by atoms with E-state index in [1.54, 1.807) is 7.11 Å². The SMILES string of the molecule is COc1ccc2c(c1)CN(C(=O)NCc1cccnc1N1CCN(C)CC1)CC2. The largest absolute Gasteiger partial charge is 0.497 e. The van der Waals surface area contributed by atoms with Gasteiger partial charge in [0.1, 0.15) is 11.6 Å². The number of likely N-dealkylation sites (N-methyl/N-ethyl adjacent to an activating group) is 1. The molecular weight excluding hydrogens is 366 g/mol. The number of methoxy groups -OCH3 is 1. The van der Waals surface area contributed by atoms with E-state index in [-0.39, 0.29) is 6.03 Å². The third-order valence-corrected chi connectivity index (χ3v) is 5.81. The molecule has 29 heavy (non-hydrogen) atoms. The molecular formula is C22H29N5O2. The number of amides is 2. The average Bonchev–Trinajstić information content (AvgIpc) is 2.77. The van der Waals surface area contributed by atoms with Gasteiger partial charge in [-0.2, -0.15) is 0 Å². The number of carbonyl (C=O) groups excluding carboxylic acids is 1. The molecule has 2 aliphatic heterocycles. The zero-order chi connectivity index (χ0) is 20.2. The number of anilines is 1.